The Labute approximate surface area is 215 Å². The van der Waals surface area contributed by atoms with Gasteiger partial charge in [-0.1, -0.05) is 18.2 Å². The summed E-state index contributed by atoms with van der Waals surface area (Å²) in [7, 11) is -4.22. The van der Waals surface area contributed by atoms with Crippen LogP contribution in [0.5, 0.6) is 0 Å². The highest BCUT2D eigenvalue weighted by Crippen LogP contribution is 2.26. The van der Waals surface area contributed by atoms with E-state index in [-0.39, 0.29) is 27.7 Å². The summed E-state index contributed by atoms with van der Waals surface area (Å²) in [5.74, 6) is -1.73. The number of carbonyl (C=O) groups excluding carboxylic acids is 2. The Morgan fingerprint density at radius 3 is 2.25 bits per heavy atom. The second-order valence-electron chi connectivity index (χ2n) is 8.96. The van der Waals surface area contributed by atoms with Crippen molar-refractivity contribution < 1.29 is 22.4 Å². The first-order chi connectivity index (χ1) is 16.9. The number of nitrogens with one attached hydrogen (secondary N) is 2. The zero-order chi connectivity index (χ0) is 26.5. The molecule has 36 heavy (non-hydrogen) atoms. The second kappa shape index (κ2) is 11.1. The molecule has 10 heteroatoms. The van der Waals surface area contributed by atoms with E-state index in [2.05, 4.69) is 10.6 Å². The molecule has 3 rings (SSSR count). The minimum absolute atomic E-state index is 0.00199. The van der Waals surface area contributed by atoms with Gasteiger partial charge in [-0.3, -0.25) is 13.9 Å². The number of benzene rings is 3. The van der Waals surface area contributed by atoms with Crippen molar-refractivity contribution in [3.63, 3.8) is 0 Å². The molecular formula is C26H28FN3O4S2. The van der Waals surface area contributed by atoms with Gasteiger partial charge in [-0.05, 0) is 81.6 Å². The summed E-state index contributed by atoms with van der Waals surface area (Å²) in [4.78, 5) is 26.6. The van der Waals surface area contributed by atoms with E-state index >= 15 is 0 Å². The molecule has 0 unspecified atom stereocenters. The van der Waals surface area contributed by atoms with Gasteiger partial charge in [0.25, 0.3) is 15.9 Å². The smallest absolute Gasteiger partial charge is 0.264 e. The average molecular weight is 530 g/mol. The Balaban J connectivity index is 1.93. The number of hydrogen-bond acceptors (Lipinski definition) is 5. The lowest BCUT2D eigenvalue weighted by molar-refractivity contribution is -0.114. The fraction of sp³-hybridized carbons (Fsp3) is 0.231. The summed E-state index contributed by atoms with van der Waals surface area (Å²) < 4.78 is 41.9. The quantitative estimate of drug-likeness (QED) is 0.404. The molecule has 0 saturated carbocycles. The van der Waals surface area contributed by atoms with Crippen LogP contribution >= 0.6 is 11.8 Å². The van der Waals surface area contributed by atoms with Crippen molar-refractivity contribution in [2.75, 3.05) is 22.4 Å². The van der Waals surface area contributed by atoms with E-state index in [1.165, 1.54) is 42.1 Å². The van der Waals surface area contributed by atoms with E-state index < -0.39 is 33.8 Å². The molecule has 0 saturated heterocycles. The van der Waals surface area contributed by atoms with Crippen LogP contribution in [0.4, 0.5) is 15.8 Å². The van der Waals surface area contributed by atoms with Gasteiger partial charge in [-0.2, -0.15) is 0 Å². The Kier molecular flexibility index (Phi) is 8.42. The highest BCUT2D eigenvalue weighted by Gasteiger charge is 2.28. The Bertz CT molecular complexity index is 1350. The average Bonchev–Trinajstić information content (AvgIpc) is 2.81. The standard InChI is InChI=1S/C26H28FN3O4S2/c1-26(2,3)29-25(32)22-10-5-6-11-23(22)28-24(31)17-30(19-9-7-8-18(27)16-19)36(33,34)21-14-12-20(35-4)13-15-21/h5-16H,17H2,1-4H3,(H,28,31)(H,29,32). The van der Waals surface area contributed by atoms with Crippen LogP contribution in [0.15, 0.2) is 82.6 Å². The largest absolute Gasteiger partial charge is 0.347 e. The lowest BCUT2D eigenvalue weighted by Crippen LogP contribution is -2.41. The zero-order valence-electron chi connectivity index (χ0n) is 20.4. The summed E-state index contributed by atoms with van der Waals surface area (Å²) in [6.07, 6.45) is 1.87. The molecule has 0 spiro atoms. The molecule has 0 aliphatic heterocycles. The van der Waals surface area contributed by atoms with Crippen molar-refractivity contribution in [1.29, 1.82) is 0 Å². The minimum Gasteiger partial charge on any atom is -0.347 e. The Hall–Kier alpha value is -3.37. The normalized spacial score (nSPS) is 11.6. The van der Waals surface area contributed by atoms with Crippen molar-refractivity contribution >= 4 is 45.0 Å². The van der Waals surface area contributed by atoms with Crippen LogP contribution in [-0.2, 0) is 14.8 Å². The fourth-order valence-electron chi connectivity index (χ4n) is 3.34. The predicted octanol–water partition coefficient (Wildman–Crippen LogP) is 4.91. The fourth-order valence-corrected chi connectivity index (χ4v) is 5.16. The summed E-state index contributed by atoms with van der Waals surface area (Å²) in [5.41, 5.74) is -0.0425. The van der Waals surface area contributed by atoms with Crippen LogP contribution in [0.1, 0.15) is 31.1 Å². The molecule has 3 aromatic carbocycles. The molecule has 2 N–H and O–H groups in total. The highest BCUT2D eigenvalue weighted by atomic mass is 32.2. The molecular weight excluding hydrogens is 501 g/mol. The highest BCUT2D eigenvalue weighted by molar-refractivity contribution is 7.98. The second-order valence-corrected chi connectivity index (χ2v) is 11.7. The summed E-state index contributed by atoms with van der Waals surface area (Å²) in [5, 5.41) is 5.47. The summed E-state index contributed by atoms with van der Waals surface area (Å²) in [6, 6.07) is 17.6. The molecule has 0 aliphatic rings. The van der Waals surface area contributed by atoms with Gasteiger partial charge in [-0.25, -0.2) is 12.8 Å². The van der Waals surface area contributed by atoms with Crippen LogP contribution in [0.2, 0.25) is 0 Å². The first-order valence-corrected chi connectivity index (χ1v) is 13.7. The number of thioether (sulfide) groups is 1. The third-order valence-corrected chi connectivity index (χ3v) is 7.50. The maximum absolute atomic E-state index is 14.0. The molecule has 7 nitrogen and oxygen atoms in total. The van der Waals surface area contributed by atoms with Crippen molar-refractivity contribution in [2.24, 2.45) is 0 Å². The van der Waals surface area contributed by atoms with Crippen molar-refractivity contribution in [1.82, 2.24) is 5.32 Å². The topological polar surface area (TPSA) is 95.6 Å². The van der Waals surface area contributed by atoms with Crippen LogP contribution in [0.3, 0.4) is 0 Å². The SMILES string of the molecule is CSc1ccc(S(=O)(=O)N(CC(=O)Nc2ccccc2C(=O)NC(C)(C)C)c2cccc(F)c2)cc1. The van der Waals surface area contributed by atoms with E-state index in [1.54, 1.807) is 36.4 Å². The third-order valence-electron chi connectivity index (χ3n) is 4.97. The molecule has 0 aliphatic carbocycles. The van der Waals surface area contributed by atoms with Gasteiger partial charge in [0.15, 0.2) is 0 Å². The third kappa shape index (κ3) is 6.86. The first-order valence-electron chi connectivity index (χ1n) is 11.0. The number of sulfonamides is 1. The minimum atomic E-state index is -4.22. The van der Waals surface area contributed by atoms with Crippen molar-refractivity contribution in [2.45, 2.75) is 36.1 Å². The monoisotopic (exact) mass is 529 g/mol. The number of para-hydroxylation sites is 1. The molecule has 0 heterocycles. The summed E-state index contributed by atoms with van der Waals surface area (Å²) >= 11 is 1.46. The number of halogens is 1. The van der Waals surface area contributed by atoms with Gasteiger partial charge < -0.3 is 10.6 Å². The lowest BCUT2D eigenvalue weighted by Gasteiger charge is -2.25. The van der Waals surface area contributed by atoms with Crippen LogP contribution in [0, 0.1) is 5.82 Å². The van der Waals surface area contributed by atoms with Crippen molar-refractivity contribution in [3.05, 3.63) is 84.2 Å². The Morgan fingerprint density at radius 1 is 0.972 bits per heavy atom. The van der Waals surface area contributed by atoms with E-state index in [1.807, 2.05) is 27.0 Å². The van der Waals surface area contributed by atoms with E-state index in [9.17, 15) is 22.4 Å². The first kappa shape index (κ1) is 27.2. The number of rotatable bonds is 8. The number of amides is 2. The van der Waals surface area contributed by atoms with Crippen LogP contribution < -0.4 is 14.9 Å². The van der Waals surface area contributed by atoms with Gasteiger partial charge in [0.2, 0.25) is 5.91 Å². The maximum Gasteiger partial charge on any atom is 0.264 e. The van der Waals surface area contributed by atoms with Crippen LogP contribution in [-0.4, -0.2) is 38.6 Å². The van der Waals surface area contributed by atoms with Gasteiger partial charge in [0.1, 0.15) is 12.4 Å². The predicted molar refractivity (Wildman–Crippen MR) is 141 cm³/mol. The van der Waals surface area contributed by atoms with Gasteiger partial charge in [-0.15, -0.1) is 11.8 Å². The van der Waals surface area contributed by atoms with Gasteiger partial charge >= 0.3 is 0 Å². The number of anilines is 2. The zero-order valence-corrected chi connectivity index (χ0v) is 22.0. The van der Waals surface area contributed by atoms with Crippen LogP contribution in [0.25, 0.3) is 0 Å². The van der Waals surface area contributed by atoms with E-state index in [0.29, 0.717) is 0 Å². The van der Waals surface area contributed by atoms with E-state index in [0.717, 1.165) is 15.3 Å². The number of carbonyl (C=O) groups is 2. The summed E-state index contributed by atoms with van der Waals surface area (Å²) in [6.45, 7) is 4.87. The van der Waals surface area contributed by atoms with E-state index in [4.69, 9.17) is 0 Å². The molecule has 0 bridgehead atoms. The Morgan fingerprint density at radius 2 is 1.64 bits per heavy atom. The molecule has 2 amide bonds. The van der Waals surface area contributed by atoms with Gasteiger partial charge in [0.05, 0.1) is 21.8 Å². The lowest BCUT2D eigenvalue weighted by atomic mass is 10.1. The molecule has 0 fully saturated rings. The number of hydrogen-bond donors (Lipinski definition) is 2. The molecule has 0 radical (unpaired) electrons. The molecule has 0 atom stereocenters. The maximum atomic E-state index is 14.0. The molecule has 3 aromatic rings. The van der Waals surface area contributed by atoms with Gasteiger partial charge in [0, 0.05) is 10.4 Å². The number of nitrogens with zero attached hydrogens (tertiary/aromatic N) is 1. The van der Waals surface area contributed by atoms with Crippen molar-refractivity contribution in [3.8, 4) is 0 Å². The molecule has 0 aromatic heterocycles. The molecule has 190 valence electrons.